The molecule has 0 saturated heterocycles. The highest BCUT2D eigenvalue weighted by molar-refractivity contribution is 9.10. The van der Waals surface area contributed by atoms with Gasteiger partial charge in [0.25, 0.3) is 5.56 Å². The first kappa shape index (κ1) is 19.9. The molecule has 28 heavy (non-hydrogen) atoms. The van der Waals surface area contributed by atoms with Crippen LogP contribution in [0.1, 0.15) is 12.0 Å². The fraction of sp³-hybridized carbons (Fsp3) is 0.250. The van der Waals surface area contributed by atoms with Gasteiger partial charge in [-0.2, -0.15) is 0 Å². The maximum Gasteiger partial charge on any atom is 0.261 e. The molecule has 7 nitrogen and oxygen atoms in total. The molecule has 0 unspecified atom stereocenters. The summed E-state index contributed by atoms with van der Waals surface area (Å²) in [5.41, 5.74) is 1.26. The van der Waals surface area contributed by atoms with E-state index in [4.69, 9.17) is 9.47 Å². The van der Waals surface area contributed by atoms with E-state index in [-0.39, 0.29) is 24.4 Å². The van der Waals surface area contributed by atoms with Crippen molar-refractivity contribution in [2.24, 2.45) is 0 Å². The molecule has 0 radical (unpaired) electrons. The van der Waals surface area contributed by atoms with Crippen molar-refractivity contribution < 1.29 is 14.3 Å². The molecule has 1 amide bonds. The predicted molar refractivity (Wildman–Crippen MR) is 110 cm³/mol. The van der Waals surface area contributed by atoms with E-state index in [1.54, 1.807) is 38.5 Å². The minimum atomic E-state index is -0.175. The van der Waals surface area contributed by atoms with Crippen molar-refractivity contribution in [3.8, 4) is 11.5 Å². The Balaban J connectivity index is 1.64. The molecule has 1 heterocycles. The fourth-order valence-electron chi connectivity index (χ4n) is 2.81. The molecule has 1 aromatic heterocycles. The van der Waals surface area contributed by atoms with Crippen LogP contribution in [-0.2, 0) is 17.9 Å². The summed E-state index contributed by atoms with van der Waals surface area (Å²) in [7, 11) is 3.16. The van der Waals surface area contributed by atoms with Crippen LogP contribution >= 0.6 is 15.9 Å². The molecule has 3 aromatic rings. The monoisotopic (exact) mass is 445 g/mol. The quantitative estimate of drug-likeness (QED) is 0.604. The van der Waals surface area contributed by atoms with Crippen LogP contribution in [0.3, 0.4) is 0 Å². The van der Waals surface area contributed by atoms with Crippen LogP contribution in [-0.4, -0.2) is 29.7 Å². The van der Waals surface area contributed by atoms with Gasteiger partial charge in [0.15, 0.2) is 0 Å². The third kappa shape index (κ3) is 4.51. The van der Waals surface area contributed by atoms with Gasteiger partial charge >= 0.3 is 0 Å². The largest absolute Gasteiger partial charge is 0.497 e. The second kappa shape index (κ2) is 8.88. The first-order chi connectivity index (χ1) is 13.5. The minimum Gasteiger partial charge on any atom is -0.497 e. The highest BCUT2D eigenvalue weighted by Crippen LogP contribution is 2.23. The number of halogens is 1. The number of methoxy groups -OCH3 is 2. The number of hydrogen-bond donors (Lipinski definition) is 1. The van der Waals surface area contributed by atoms with E-state index in [1.807, 2.05) is 12.1 Å². The first-order valence-electron chi connectivity index (χ1n) is 8.64. The standard InChI is InChI=1S/C20H20BrN3O4/c1-27-15-4-6-18(28-2)13(9-15)11-22-19(25)7-8-24-12-23-17-5-3-14(21)10-16(17)20(24)26/h3-6,9-10,12H,7-8,11H2,1-2H3,(H,22,25). The van der Waals surface area contributed by atoms with Gasteiger partial charge in [-0.05, 0) is 36.4 Å². The Kier molecular flexibility index (Phi) is 6.30. The van der Waals surface area contributed by atoms with Crippen molar-refractivity contribution in [3.63, 3.8) is 0 Å². The van der Waals surface area contributed by atoms with Crippen LogP contribution < -0.4 is 20.3 Å². The van der Waals surface area contributed by atoms with Crippen LogP contribution in [0.4, 0.5) is 0 Å². The van der Waals surface area contributed by atoms with Crippen molar-refractivity contribution >= 4 is 32.7 Å². The Bertz CT molecular complexity index is 1060. The van der Waals surface area contributed by atoms with Crippen molar-refractivity contribution in [3.05, 3.63) is 63.1 Å². The number of rotatable bonds is 7. The predicted octanol–water partition coefficient (Wildman–Crippen LogP) is 2.88. The average Bonchev–Trinajstić information content (AvgIpc) is 2.71. The second-order valence-electron chi connectivity index (χ2n) is 6.11. The van der Waals surface area contributed by atoms with Crippen LogP contribution in [0.15, 0.2) is 52.0 Å². The summed E-state index contributed by atoms with van der Waals surface area (Å²) in [6, 6.07) is 10.7. The molecule has 2 aromatic carbocycles. The molecule has 0 aliphatic heterocycles. The molecular weight excluding hydrogens is 426 g/mol. The highest BCUT2D eigenvalue weighted by atomic mass is 79.9. The van der Waals surface area contributed by atoms with Gasteiger partial charge in [-0.25, -0.2) is 4.98 Å². The van der Waals surface area contributed by atoms with E-state index in [9.17, 15) is 9.59 Å². The first-order valence-corrected chi connectivity index (χ1v) is 9.43. The van der Waals surface area contributed by atoms with Gasteiger partial charge in [0, 0.05) is 29.5 Å². The number of nitrogens with zero attached hydrogens (tertiary/aromatic N) is 2. The van der Waals surface area contributed by atoms with E-state index < -0.39 is 0 Å². The lowest BCUT2D eigenvalue weighted by Crippen LogP contribution is -2.27. The molecule has 0 aliphatic rings. The van der Waals surface area contributed by atoms with Gasteiger partial charge in [0.05, 0.1) is 31.4 Å². The Morgan fingerprint density at radius 3 is 2.75 bits per heavy atom. The zero-order valence-electron chi connectivity index (χ0n) is 15.6. The van der Waals surface area contributed by atoms with E-state index in [0.717, 1.165) is 10.0 Å². The van der Waals surface area contributed by atoms with E-state index >= 15 is 0 Å². The summed E-state index contributed by atoms with van der Waals surface area (Å²) >= 11 is 3.36. The van der Waals surface area contributed by atoms with Crippen molar-refractivity contribution in [1.29, 1.82) is 0 Å². The van der Waals surface area contributed by atoms with Crippen molar-refractivity contribution in [1.82, 2.24) is 14.9 Å². The molecule has 0 spiro atoms. The average molecular weight is 446 g/mol. The molecule has 3 rings (SSSR count). The van der Waals surface area contributed by atoms with Crippen LogP contribution in [0, 0.1) is 0 Å². The number of nitrogens with one attached hydrogen (secondary N) is 1. The number of fused-ring (bicyclic) bond motifs is 1. The van der Waals surface area contributed by atoms with Gasteiger partial charge in [-0.1, -0.05) is 15.9 Å². The van der Waals surface area contributed by atoms with Gasteiger partial charge in [0.1, 0.15) is 11.5 Å². The maximum absolute atomic E-state index is 12.6. The topological polar surface area (TPSA) is 82.4 Å². The zero-order valence-corrected chi connectivity index (χ0v) is 17.2. The van der Waals surface area contributed by atoms with Crippen LogP contribution in [0.25, 0.3) is 10.9 Å². The van der Waals surface area contributed by atoms with Gasteiger partial charge in [0.2, 0.25) is 5.91 Å². The second-order valence-corrected chi connectivity index (χ2v) is 7.02. The Labute approximate surface area is 170 Å². The number of aromatic nitrogens is 2. The summed E-state index contributed by atoms with van der Waals surface area (Å²) in [5.74, 6) is 1.18. The van der Waals surface area contributed by atoms with Crippen molar-refractivity contribution in [2.45, 2.75) is 19.5 Å². The Morgan fingerprint density at radius 2 is 2.00 bits per heavy atom. The number of carbonyl (C=O) groups is 1. The summed E-state index contributed by atoms with van der Waals surface area (Å²) in [4.78, 5) is 29.1. The molecule has 1 N–H and O–H groups in total. The molecule has 0 bridgehead atoms. The normalized spacial score (nSPS) is 10.7. The Hall–Kier alpha value is -2.87. The molecule has 146 valence electrons. The third-order valence-corrected chi connectivity index (χ3v) is 4.82. The van der Waals surface area contributed by atoms with Crippen LogP contribution in [0.2, 0.25) is 0 Å². The Morgan fingerprint density at radius 1 is 1.18 bits per heavy atom. The smallest absolute Gasteiger partial charge is 0.261 e. The van der Waals surface area contributed by atoms with E-state index in [2.05, 4.69) is 26.2 Å². The summed E-state index contributed by atoms with van der Waals surface area (Å²) in [5, 5.41) is 3.36. The number of carbonyl (C=O) groups excluding carboxylic acids is 1. The summed E-state index contributed by atoms with van der Waals surface area (Å²) in [6.45, 7) is 0.548. The van der Waals surface area contributed by atoms with Crippen molar-refractivity contribution in [2.75, 3.05) is 14.2 Å². The molecule has 8 heteroatoms. The molecule has 0 aliphatic carbocycles. The lowest BCUT2D eigenvalue weighted by Gasteiger charge is -2.12. The third-order valence-electron chi connectivity index (χ3n) is 4.33. The maximum atomic E-state index is 12.6. The molecule has 0 fully saturated rings. The highest BCUT2D eigenvalue weighted by Gasteiger charge is 2.09. The molecule has 0 saturated carbocycles. The van der Waals surface area contributed by atoms with Gasteiger partial charge in [-0.3, -0.25) is 14.2 Å². The van der Waals surface area contributed by atoms with Crippen LogP contribution in [0.5, 0.6) is 11.5 Å². The lowest BCUT2D eigenvalue weighted by molar-refractivity contribution is -0.121. The SMILES string of the molecule is COc1ccc(OC)c(CNC(=O)CCn2cnc3ccc(Br)cc3c2=O)c1. The summed E-state index contributed by atoms with van der Waals surface area (Å²) in [6.07, 6.45) is 1.63. The number of ether oxygens (including phenoxy) is 2. The van der Waals surface area contributed by atoms with E-state index in [0.29, 0.717) is 28.9 Å². The summed E-state index contributed by atoms with van der Waals surface area (Å²) < 4.78 is 12.8. The minimum absolute atomic E-state index is 0.160. The fourth-order valence-corrected chi connectivity index (χ4v) is 3.18. The molecule has 0 atom stereocenters. The lowest BCUT2D eigenvalue weighted by atomic mass is 10.2. The number of benzene rings is 2. The number of aryl methyl sites for hydroxylation is 1. The van der Waals surface area contributed by atoms with Gasteiger partial charge < -0.3 is 14.8 Å². The van der Waals surface area contributed by atoms with Gasteiger partial charge in [-0.15, -0.1) is 0 Å². The zero-order chi connectivity index (χ0) is 20.1. The number of hydrogen-bond acceptors (Lipinski definition) is 5. The van der Waals surface area contributed by atoms with E-state index in [1.165, 1.54) is 10.9 Å². The molecular formula is C20H20BrN3O4. The number of amides is 1.